The van der Waals surface area contributed by atoms with Crippen molar-refractivity contribution in [3.63, 3.8) is 0 Å². The van der Waals surface area contributed by atoms with Crippen LogP contribution in [0.4, 0.5) is 39.8 Å². The third-order valence-electron chi connectivity index (χ3n) is 13.0. The standard InChI is InChI=1S/C63H59N3/c1-6-63(7-2,64-53-39-30-48(31-40-53)47-28-37-52(38-29-47)62(3,4)5)61-45-36-51(49-32-41-58(42-33-49)65(54-20-12-8-13-21-54)55-22-14-9-15-23-55)46-60(61)50-34-43-59(44-35-50)66(56-24-16-10-17-25-56)57-26-18-11-19-27-57/h8-46,64H,6-7H2,1-5H3. The Labute approximate surface area is 392 Å². The van der Waals surface area contributed by atoms with Crippen LogP contribution >= 0.6 is 0 Å². The molecule has 0 bridgehead atoms. The van der Waals surface area contributed by atoms with Gasteiger partial charge in [0, 0.05) is 39.8 Å². The first-order valence-corrected chi connectivity index (χ1v) is 23.4. The quantitative estimate of drug-likeness (QED) is 0.118. The fraction of sp³-hybridized carbons (Fsp3) is 0.143. The SMILES string of the molecule is CCC(CC)(Nc1ccc(-c2ccc(C(C)(C)C)cc2)cc1)c1ccc(-c2ccc(N(c3ccccc3)c3ccccc3)cc2)cc1-c1ccc(N(c2ccccc2)c2ccccc2)cc1. The molecular formula is C63H59N3. The van der Waals surface area contributed by atoms with Crippen molar-refractivity contribution in [1.82, 2.24) is 0 Å². The van der Waals surface area contributed by atoms with Gasteiger partial charge in [0.15, 0.2) is 0 Å². The van der Waals surface area contributed by atoms with Gasteiger partial charge in [-0.3, -0.25) is 0 Å². The molecule has 66 heavy (non-hydrogen) atoms. The molecular weight excluding hydrogens is 799 g/mol. The maximum absolute atomic E-state index is 4.10. The van der Waals surface area contributed by atoms with E-state index < -0.39 is 0 Å². The minimum absolute atomic E-state index is 0.122. The molecule has 1 N–H and O–H groups in total. The van der Waals surface area contributed by atoms with Gasteiger partial charge in [0.1, 0.15) is 0 Å². The van der Waals surface area contributed by atoms with Crippen molar-refractivity contribution >= 4 is 39.8 Å². The van der Waals surface area contributed by atoms with Crippen LogP contribution in [0.2, 0.25) is 0 Å². The normalized spacial score (nSPS) is 11.5. The molecule has 9 aromatic rings. The fourth-order valence-corrected chi connectivity index (χ4v) is 9.24. The highest BCUT2D eigenvalue weighted by Gasteiger charge is 2.32. The fourth-order valence-electron chi connectivity index (χ4n) is 9.24. The van der Waals surface area contributed by atoms with Crippen molar-refractivity contribution in [2.75, 3.05) is 15.1 Å². The van der Waals surface area contributed by atoms with E-state index in [1.165, 1.54) is 44.5 Å². The lowest BCUT2D eigenvalue weighted by molar-refractivity contribution is 0.456. The average molecular weight is 858 g/mol. The zero-order valence-electron chi connectivity index (χ0n) is 38.8. The van der Waals surface area contributed by atoms with E-state index in [-0.39, 0.29) is 11.0 Å². The lowest BCUT2D eigenvalue weighted by atomic mass is 9.79. The summed E-state index contributed by atoms with van der Waals surface area (Å²) in [6.45, 7) is 11.4. The summed E-state index contributed by atoms with van der Waals surface area (Å²) in [5, 5.41) is 4.10. The molecule has 0 aliphatic rings. The molecule has 0 atom stereocenters. The smallest absolute Gasteiger partial charge is 0.0626 e. The van der Waals surface area contributed by atoms with Gasteiger partial charge in [-0.05, 0) is 154 Å². The maximum Gasteiger partial charge on any atom is 0.0626 e. The van der Waals surface area contributed by atoms with Crippen molar-refractivity contribution < 1.29 is 0 Å². The Kier molecular flexibility index (Phi) is 12.7. The first-order chi connectivity index (χ1) is 32.2. The monoisotopic (exact) mass is 857 g/mol. The summed E-state index contributed by atoms with van der Waals surface area (Å²) < 4.78 is 0. The van der Waals surface area contributed by atoms with Crippen LogP contribution in [-0.4, -0.2) is 0 Å². The predicted octanol–water partition coefficient (Wildman–Crippen LogP) is 18.1. The zero-order valence-corrected chi connectivity index (χ0v) is 38.8. The summed E-state index contributed by atoms with van der Waals surface area (Å²) in [4.78, 5) is 4.63. The molecule has 0 aliphatic heterocycles. The van der Waals surface area contributed by atoms with Gasteiger partial charge in [0.25, 0.3) is 0 Å². The molecule has 0 heterocycles. The van der Waals surface area contributed by atoms with Crippen LogP contribution in [0.25, 0.3) is 33.4 Å². The molecule has 0 unspecified atom stereocenters. The molecule has 0 radical (unpaired) electrons. The second-order valence-electron chi connectivity index (χ2n) is 18.2. The van der Waals surface area contributed by atoms with Crippen LogP contribution in [0.3, 0.4) is 0 Å². The van der Waals surface area contributed by atoms with Gasteiger partial charge < -0.3 is 15.1 Å². The number of hydrogen-bond acceptors (Lipinski definition) is 3. The maximum atomic E-state index is 4.10. The second-order valence-corrected chi connectivity index (χ2v) is 18.2. The Bertz CT molecular complexity index is 2860. The molecule has 9 aromatic carbocycles. The van der Waals surface area contributed by atoms with E-state index in [9.17, 15) is 0 Å². The molecule has 0 spiro atoms. The minimum atomic E-state index is -0.335. The van der Waals surface area contributed by atoms with Gasteiger partial charge in [-0.15, -0.1) is 0 Å². The topological polar surface area (TPSA) is 18.5 Å². The van der Waals surface area contributed by atoms with E-state index in [0.717, 1.165) is 52.7 Å². The predicted molar refractivity (Wildman–Crippen MR) is 283 cm³/mol. The lowest BCUT2D eigenvalue weighted by Crippen LogP contribution is -2.34. The highest BCUT2D eigenvalue weighted by atomic mass is 15.1. The number of rotatable bonds is 14. The van der Waals surface area contributed by atoms with Gasteiger partial charge in [0.2, 0.25) is 0 Å². The van der Waals surface area contributed by atoms with Crippen molar-refractivity contribution in [3.8, 4) is 33.4 Å². The summed E-state index contributed by atoms with van der Waals surface area (Å²) in [6, 6.07) is 85.6. The molecule has 0 amide bonds. The molecule has 0 saturated heterocycles. The van der Waals surface area contributed by atoms with Crippen molar-refractivity contribution in [2.24, 2.45) is 0 Å². The molecule has 3 heteroatoms. The van der Waals surface area contributed by atoms with Crippen LogP contribution in [0.1, 0.15) is 58.6 Å². The van der Waals surface area contributed by atoms with Crippen LogP contribution in [0.5, 0.6) is 0 Å². The molecule has 0 saturated carbocycles. The van der Waals surface area contributed by atoms with Crippen LogP contribution < -0.4 is 15.1 Å². The minimum Gasteiger partial charge on any atom is -0.376 e. The Morgan fingerprint density at radius 3 is 1.08 bits per heavy atom. The van der Waals surface area contributed by atoms with E-state index in [4.69, 9.17) is 0 Å². The molecule has 3 nitrogen and oxygen atoms in total. The van der Waals surface area contributed by atoms with Gasteiger partial charge in [-0.1, -0.05) is 180 Å². The number of para-hydroxylation sites is 4. The summed E-state index contributed by atoms with van der Waals surface area (Å²) in [5.41, 5.74) is 17.4. The third-order valence-corrected chi connectivity index (χ3v) is 13.0. The Hall–Kier alpha value is -7.62. The number of hydrogen-bond donors (Lipinski definition) is 1. The van der Waals surface area contributed by atoms with Gasteiger partial charge in [-0.2, -0.15) is 0 Å². The lowest BCUT2D eigenvalue weighted by Gasteiger charge is -2.37. The number of benzene rings is 9. The number of nitrogens with one attached hydrogen (secondary N) is 1. The summed E-state index contributed by atoms with van der Waals surface area (Å²) in [6.07, 6.45) is 1.81. The first kappa shape index (κ1) is 43.6. The molecule has 0 fully saturated rings. The summed E-state index contributed by atoms with van der Waals surface area (Å²) >= 11 is 0. The zero-order chi connectivity index (χ0) is 45.5. The van der Waals surface area contributed by atoms with Crippen LogP contribution in [0.15, 0.2) is 237 Å². The van der Waals surface area contributed by atoms with E-state index in [0.29, 0.717) is 0 Å². The van der Waals surface area contributed by atoms with E-state index >= 15 is 0 Å². The average Bonchev–Trinajstić information content (AvgIpc) is 3.37. The summed E-state index contributed by atoms with van der Waals surface area (Å²) in [7, 11) is 0. The number of nitrogens with zero attached hydrogens (tertiary/aromatic N) is 2. The number of anilines is 7. The van der Waals surface area contributed by atoms with Gasteiger partial charge in [0.05, 0.1) is 5.54 Å². The van der Waals surface area contributed by atoms with Gasteiger partial charge in [-0.25, -0.2) is 0 Å². The van der Waals surface area contributed by atoms with E-state index in [1.54, 1.807) is 0 Å². The third kappa shape index (κ3) is 9.30. The molecule has 0 aliphatic carbocycles. The highest BCUT2D eigenvalue weighted by molar-refractivity contribution is 5.83. The second kappa shape index (κ2) is 19.2. The van der Waals surface area contributed by atoms with Crippen LogP contribution in [0, 0.1) is 0 Å². The van der Waals surface area contributed by atoms with Crippen molar-refractivity contribution in [3.05, 3.63) is 248 Å². The van der Waals surface area contributed by atoms with Gasteiger partial charge >= 0.3 is 0 Å². The Balaban J connectivity index is 1.11. The molecule has 326 valence electrons. The van der Waals surface area contributed by atoms with E-state index in [2.05, 4.69) is 286 Å². The van der Waals surface area contributed by atoms with Crippen molar-refractivity contribution in [2.45, 2.75) is 58.4 Å². The van der Waals surface area contributed by atoms with Crippen molar-refractivity contribution in [1.29, 1.82) is 0 Å². The highest BCUT2D eigenvalue weighted by Crippen LogP contribution is 2.44. The van der Waals surface area contributed by atoms with Crippen LogP contribution in [-0.2, 0) is 11.0 Å². The first-order valence-electron chi connectivity index (χ1n) is 23.4. The molecule has 0 aromatic heterocycles. The summed E-state index contributed by atoms with van der Waals surface area (Å²) in [5.74, 6) is 0. The Morgan fingerprint density at radius 2 is 0.682 bits per heavy atom. The largest absolute Gasteiger partial charge is 0.376 e. The Morgan fingerprint density at radius 1 is 0.348 bits per heavy atom. The van der Waals surface area contributed by atoms with E-state index in [1.807, 2.05) is 0 Å². The molecule has 9 rings (SSSR count).